The Morgan fingerprint density at radius 1 is 1.25 bits per heavy atom. The van der Waals surface area contributed by atoms with E-state index in [0.717, 1.165) is 29.3 Å². The molecule has 0 saturated heterocycles. The second-order valence-electron chi connectivity index (χ2n) is 6.46. The molecule has 0 spiro atoms. The topological polar surface area (TPSA) is 84.2 Å². The van der Waals surface area contributed by atoms with Crippen LogP contribution in [0.3, 0.4) is 0 Å². The van der Waals surface area contributed by atoms with Crippen molar-refractivity contribution in [2.75, 3.05) is 6.54 Å². The van der Waals surface area contributed by atoms with Gasteiger partial charge in [-0.15, -0.1) is 0 Å². The molecule has 0 bridgehead atoms. The predicted molar refractivity (Wildman–Crippen MR) is 98.3 cm³/mol. The van der Waals surface area contributed by atoms with Crippen LogP contribution in [0.2, 0.25) is 0 Å². The number of amides is 2. The molecule has 0 heterocycles. The predicted octanol–water partition coefficient (Wildman–Crippen LogP) is 2.65. The van der Waals surface area contributed by atoms with Crippen LogP contribution >= 0.6 is 15.9 Å². The van der Waals surface area contributed by atoms with Crippen LogP contribution in [0.4, 0.5) is 0 Å². The smallest absolute Gasteiger partial charge is 0.222 e. The number of halogens is 1. The summed E-state index contributed by atoms with van der Waals surface area (Å²) in [5, 5.41) is 5.99. The summed E-state index contributed by atoms with van der Waals surface area (Å²) in [7, 11) is 0. The van der Waals surface area contributed by atoms with E-state index in [0.29, 0.717) is 12.5 Å². The molecule has 6 heteroatoms. The van der Waals surface area contributed by atoms with Gasteiger partial charge in [-0.25, -0.2) is 0 Å². The van der Waals surface area contributed by atoms with Gasteiger partial charge in [0, 0.05) is 17.4 Å². The summed E-state index contributed by atoms with van der Waals surface area (Å²) in [5.41, 5.74) is 6.75. The van der Waals surface area contributed by atoms with Crippen molar-refractivity contribution >= 4 is 27.7 Å². The lowest BCUT2D eigenvalue weighted by atomic mass is 9.84. The monoisotopic (exact) mass is 395 g/mol. The molecule has 1 aromatic rings. The molecule has 0 radical (unpaired) electrons. The Kier molecular flexibility index (Phi) is 7.24. The van der Waals surface area contributed by atoms with E-state index in [1.165, 1.54) is 13.3 Å². The van der Waals surface area contributed by atoms with Crippen LogP contribution < -0.4 is 16.4 Å². The number of carbonyl (C=O) groups excluding carboxylic acids is 2. The Labute approximate surface area is 151 Å². The van der Waals surface area contributed by atoms with E-state index in [2.05, 4.69) is 26.6 Å². The molecule has 1 aromatic carbocycles. The number of nitrogens with one attached hydrogen (secondary N) is 2. The van der Waals surface area contributed by atoms with E-state index in [9.17, 15) is 9.59 Å². The standard InChI is InChI=1S/C18H26BrN3O2/c1-12(23)21-17(13-6-8-15(19)9-7-13)10-18(24)22-16-5-3-2-4-14(16)11-20/h6-9,14,16-17H,2-5,10-11,20H2,1H3,(H,21,23)(H,22,24). The highest BCUT2D eigenvalue weighted by Gasteiger charge is 2.26. The van der Waals surface area contributed by atoms with Crippen LogP contribution in [0.1, 0.15) is 50.6 Å². The van der Waals surface area contributed by atoms with Crippen LogP contribution in [0.15, 0.2) is 28.7 Å². The van der Waals surface area contributed by atoms with Crippen molar-refractivity contribution in [3.8, 4) is 0 Å². The zero-order chi connectivity index (χ0) is 17.5. The molecule has 0 aliphatic heterocycles. The Balaban J connectivity index is 2.01. The molecular weight excluding hydrogens is 370 g/mol. The normalized spacial score (nSPS) is 21.8. The summed E-state index contributed by atoms with van der Waals surface area (Å²) in [6, 6.07) is 7.48. The summed E-state index contributed by atoms with van der Waals surface area (Å²) < 4.78 is 0.963. The number of hydrogen-bond acceptors (Lipinski definition) is 3. The fourth-order valence-electron chi connectivity index (χ4n) is 3.32. The van der Waals surface area contributed by atoms with Gasteiger partial charge in [-0.2, -0.15) is 0 Å². The fourth-order valence-corrected chi connectivity index (χ4v) is 3.59. The average molecular weight is 396 g/mol. The lowest BCUT2D eigenvalue weighted by Gasteiger charge is -2.31. The van der Waals surface area contributed by atoms with Gasteiger partial charge in [0.15, 0.2) is 0 Å². The minimum Gasteiger partial charge on any atom is -0.353 e. The van der Waals surface area contributed by atoms with Crippen molar-refractivity contribution in [3.63, 3.8) is 0 Å². The number of nitrogens with two attached hydrogens (primary N) is 1. The molecule has 132 valence electrons. The fraction of sp³-hybridized carbons (Fsp3) is 0.556. The molecule has 4 N–H and O–H groups in total. The van der Waals surface area contributed by atoms with Crippen molar-refractivity contribution in [3.05, 3.63) is 34.3 Å². The third kappa shape index (κ3) is 5.60. The van der Waals surface area contributed by atoms with E-state index >= 15 is 0 Å². The van der Waals surface area contributed by atoms with Crippen LogP contribution in [0.25, 0.3) is 0 Å². The summed E-state index contributed by atoms with van der Waals surface area (Å²) in [4.78, 5) is 24.0. The van der Waals surface area contributed by atoms with Gasteiger partial charge >= 0.3 is 0 Å². The SMILES string of the molecule is CC(=O)NC(CC(=O)NC1CCCCC1CN)c1ccc(Br)cc1. The van der Waals surface area contributed by atoms with Gasteiger partial charge in [-0.3, -0.25) is 9.59 Å². The van der Waals surface area contributed by atoms with E-state index < -0.39 is 0 Å². The molecule has 2 amide bonds. The minimum atomic E-state index is -0.324. The number of benzene rings is 1. The first-order valence-electron chi connectivity index (χ1n) is 8.51. The van der Waals surface area contributed by atoms with Crippen molar-refractivity contribution in [1.29, 1.82) is 0 Å². The van der Waals surface area contributed by atoms with Crippen molar-refractivity contribution < 1.29 is 9.59 Å². The van der Waals surface area contributed by atoms with Gasteiger partial charge in [0.05, 0.1) is 12.5 Å². The van der Waals surface area contributed by atoms with Crippen LogP contribution in [-0.4, -0.2) is 24.4 Å². The molecule has 0 aromatic heterocycles. The Morgan fingerprint density at radius 3 is 2.54 bits per heavy atom. The maximum atomic E-state index is 12.5. The molecule has 1 aliphatic rings. The summed E-state index contributed by atoms with van der Waals surface area (Å²) in [6.45, 7) is 2.07. The third-order valence-corrected chi connectivity index (χ3v) is 5.13. The van der Waals surface area contributed by atoms with E-state index in [-0.39, 0.29) is 30.3 Å². The molecule has 5 nitrogen and oxygen atoms in total. The Morgan fingerprint density at radius 2 is 1.92 bits per heavy atom. The van der Waals surface area contributed by atoms with Crippen molar-refractivity contribution in [2.45, 2.75) is 51.1 Å². The molecule has 1 saturated carbocycles. The zero-order valence-corrected chi connectivity index (χ0v) is 15.6. The van der Waals surface area contributed by atoms with E-state index in [4.69, 9.17) is 5.73 Å². The highest BCUT2D eigenvalue weighted by Crippen LogP contribution is 2.24. The maximum absolute atomic E-state index is 12.5. The second kappa shape index (κ2) is 9.18. The van der Waals surface area contributed by atoms with Gasteiger partial charge in [-0.1, -0.05) is 40.9 Å². The molecule has 24 heavy (non-hydrogen) atoms. The summed E-state index contributed by atoms with van der Waals surface area (Å²) >= 11 is 3.40. The lowest BCUT2D eigenvalue weighted by molar-refractivity contribution is -0.123. The summed E-state index contributed by atoms with van der Waals surface area (Å²) in [6.07, 6.45) is 4.60. The Bertz CT molecular complexity index is 562. The van der Waals surface area contributed by atoms with E-state index in [1.807, 2.05) is 24.3 Å². The van der Waals surface area contributed by atoms with Crippen molar-refractivity contribution in [2.24, 2.45) is 11.7 Å². The maximum Gasteiger partial charge on any atom is 0.222 e. The van der Waals surface area contributed by atoms with Gasteiger partial charge in [0.1, 0.15) is 0 Å². The van der Waals surface area contributed by atoms with Crippen LogP contribution in [0.5, 0.6) is 0 Å². The molecule has 3 unspecified atom stereocenters. The number of rotatable bonds is 6. The number of carbonyl (C=O) groups is 2. The van der Waals surface area contributed by atoms with Gasteiger partial charge in [0.2, 0.25) is 11.8 Å². The highest BCUT2D eigenvalue weighted by atomic mass is 79.9. The molecular formula is C18H26BrN3O2. The van der Waals surface area contributed by atoms with Crippen molar-refractivity contribution in [1.82, 2.24) is 10.6 Å². The lowest BCUT2D eigenvalue weighted by Crippen LogP contribution is -2.45. The van der Waals surface area contributed by atoms with Gasteiger partial charge < -0.3 is 16.4 Å². The Hall–Kier alpha value is -1.40. The molecule has 1 aliphatic carbocycles. The second-order valence-corrected chi connectivity index (χ2v) is 7.38. The zero-order valence-electron chi connectivity index (χ0n) is 14.1. The summed E-state index contributed by atoms with van der Waals surface area (Å²) in [5.74, 6) is 0.171. The van der Waals surface area contributed by atoms with Crippen LogP contribution in [0, 0.1) is 5.92 Å². The first-order valence-corrected chi connectivity index (χ1v) is 9.31. The van der Waals surface area contributed by atoms with Gasteiger partial charge in [-0.05, 0) is 43.0 Å². The number of hydrogen-bond donors (Lipinski definition) is 3. The molecule has 3 atom stereocenters. The average Bonchev–Trinajstić information content (AvgIpc) is 2.55. The van der Waals surface area contributed by atoms with Gasteiger partial charge in [0.25, 0.3) is 0 Å². The first-order chi connectivity index (χ1) is 11.5. The quantitative estimate of drug-likeness (QED) is 0.691. The molecule has 2 rings (SSSR count). The largest absolute Gasteiger partial charge is 0.353 e. The highest BCUT2D eigenvalue weighted by molar-refractivity contribution is 9.10. The third-order valence-electron chi connectivity index (χ3n) is 4.60. The van der Waals surface area contributed by atoms with Crippen LogP contribution in [-0.2, 0) is 9.59 Å². The minimum absolute atomic E-state index is 0.0398. The van der Waals surface area contributed by atoms with E-state index in [1.54, 1.807) is 0 Å². The first kappa shape index (κ1) is 18.9. The molecule has 1 fully saturated rings.